The van der Waals surface area contributed by atoms with Gasteiger partial charge in [-0.15, -0.1) is 0 Å². The predicted octanol–water partition coefficient (Wildman–Crippen LogP) is 3.01. The molecule has 1 heterocycles. The summed E-state index contributed by atoms with van der Waals surface area (Å²) in [5, 5.41) is 10.0. The van der Waals surface area contributed by atoms with Gasteiger partial charge in [-0.05, 0) is 38.5 Å². The van der Waals surface area contributed by atoms with Crippen LogP contribution < -0.4 is 10.6 Å². The third kappa shape index (κ3) is 6.83. The lowest BCUT2D eigenvalue weighted by Gasteiger charge is -2.20. The highest BCUT2D eigenvalue weighted by Gasteiger charge is 2.23. The molecule has 0 aliphatic heterocycles. The van der Waals surface area contributed by atoms with Crippen molar-refractivity contribution in [2.45, 2.75) is 47.0 Å². The second-order valence-corrected chi connectivity index (χ2v) is 8.44. The van der Waals surface area contributed by atoms with Crippen LogP contribution in [0.25, 0.3) is 5.69 Å². The van der Waals surface area contributed by atoms with E-state index in [-0.39, 0.29) is 31.0 Å². The number of ether oxygens (including phenoxy) is 1. The first-order valence-corrected chi connectivity index (χ1v) is 10.7. The summed E-state index contributed by atoms with van der Waals surface area (Å²) in [6.45, 7) is 11.7. The minimum Gasteiger partial charge on any atom is -0.465 e. The first-order valence-electron chi connectivity index (χ1n) is 10.7. The molecule has 0 bridgehead atoms. The molecule has 2 N–H and O–H groups in total. The summed E-state index contributed by atoms with van der Waals surface area (Å²) in [6, 6.07) is 9.15. The maximum Gasteiger partial charge on any atom is 0.325 e. The molecule has 0 atom stereocenters. The quantitative estimate of drug-likeness (QED) is 0.610. The second kappa shape index (κ2) is 10.8. The first kappa shape index (κ1) is 24.9. The summed E-state index contributed by atoms with van der Waals surface area (Å²) in [4.78, 5) is 37.9. The Morgan fingerprint density at radius 3 is 2.47 bits per heavy atom. The lowest BCUT2D eigenvalue weighted by Crippen LogP contribution is -2.45. The van der Waals surface area contributed by atoms with Gasteiger partial charge in [0, 0.05) is 18.0 Å². The first-order chi connectivity index (χ1) is 15.0. The summed E-state index contributed by atoms with van der Waals surface area (Å²) in [6.07, 6.45) is 0. The normalized spacial score (nSPS) is 11.1. The van der Waals surface area contributed by atoms with Gasteiger partial charge in [0.1, 0.15) is 18.9 Å². The third-order valence-electron chi connectivity index (χ3n) is 4.68. The van der Waals surface area contributed by atoms with Crippen LogP contribution in [0.1, 0.15) is 45.9 Å². The monoisotopic (exact) mass is 443 g/mol. The highest BCUT2D eigenvalue weighted by molar-refractivity contribution is 5.94. The minimum absolute atomic E-state index is 0.172. The van der Waals surface area contributed by atoms with Crippen molar-refractivity contribution in [1.29, 1.82) is 0 Å². The molecule has 0 unspecified atom stereocenters. The third-order valence-corrected chi connectivity index (χ3v) is 4.68. The van der Waals surface area contributed by atoms with Gasteiger partial charge in [-0.3, -0.25) is 9.59 Å². The van der Waals surface area contributed by atoms with Gasteiger partial charge in [0.25, 0.3) is 0 Å². The maximum atomic E-state index is 12.8. The topological polar surface area (TPSA) is 106 Å². The fourth-order valence-corrected chi connectivity index (χ4v) is 2.95. The standard InChI is InChI=1S/C23H33N5O4/c1-7-27(22(31)24-14-21(30)32-8-2)15-20(29)25-19-13-18(23(4,5)6)26-28(19)17-11-9-10-16(3)12-17/h9-13H,7-8,14-15H2,1-6H3,(H,24,31)(H,25,29). The van der Waals surface area contributed by atoms with E-state index in [9.17, 15) is 14.4 Å². The van der Waals surface area contributed by atoms with Crippen molar-refractivity contribution < 1.29 is 19.1 Å². The molecule has 0 radical (unpaired) electrons. The van der Waals surface area contributed by atoms with Crippen LogP contribution in [0.3, 0.4) is 0 Å². The minimum atomic E-state index is -0.530. The van der Waals surface area contributed by atoms with Crippen LogP contribution in [0.4, 0.5) is 10.6 Å². The van der Waals surface area contributed by atoms with Crippen LogP contribution in [0.5, 0.6) is 0 Å². The Labute approximate surface area is 189 Å². The molecule has 174 valence electrons. The van der Waals surface area contributed by atoms with Crippen LogP contribution in [-0.4, -0.2) is 58.8 Å². The lowest BCUT2D eigenvalue weighted by atomic mass is 9.92. The van der Waals surface area contributed by atoms with E-state index >= 15 is 0 Å². The van der Waals surface area contributed by atoms with Gasteiger partial charge in [0.2, 0.25) is 5.91 Å². The van der Waals surface area contributed by atoms with E-state index in [1.54, 1.807) is 18.5 Å². The zero-order valence-electron chi connectivity index (χ0n) is 19.7. The molecule has 3 amide bonds. The van der Waals surface area contributed by atoms with Crippen molar-refractivity contribution in [2.24, 2.45) is 0 Å². The van der Waals surface area contributed by atoms with E-state index in [1.807, 2.05) is 58.0 Å². The largest absolute Gasteiger partial charge is 0.465 e. The van der Waals surface area contributed by atoms with Crippen LogP contribution in [0, 0.1) is 6.92 Å². The summed E-state index contributed by atoms with van der Waals surface area (Å²) in [5.41, 5.74) is 2.52. The fourth-order valence-electron chi connectivity index (χ4n) is 2.95. The SMILES string of the molecule is CCOC(=O)CNC(=O)N(CC)CC(=O)Nc1cc(C(C)(C)C)nn1-c1cccc(C)c1. The molecule has 0 spiro atoms. The van der Waals surface area contributed by atoms with E-state index in [0.29, 0.717) is 12.4 Å². The Kier molecular flexibility index (Phi) is 8.40. The number of likely N-dealkylation sites (N-methyl/N-ethyl adjacent to an activating group) is 1. The van der Waals surface area contributed by atoms with Crippen LogP contribution >= 0.6 is 0 Å². The molecule has 1 aromatic heterocycles. The zero-order valence-corrected chi connectivity index (χ0v) is 19.7. The number of aromatic nitrogens is 2. The number of rotatable bonds is 8. The van der Waals surface area contributed by atoms with Crippen molar-refractivity contribution in [3.63, 3.8) is 0 Å². The number of aryl methyl sites for hydroxylation is 1. The number of urea groups is 1. The summed E-state index contributed by atoms with van der Waals surface area (Å²) >= 11 is 0. The molecule has 0 saturated heterocycles. The van der Waals surface area contributed by atoms with Gasteiger partial charge in [-0.2, -0.15) is 5.10 Å². The summed E-state index contributed by atoms with van der Waals surface area (Å²) in [5.74, 6) is -0.376. The molecule has 0 aliphatic rings. The average molecular weight is 444 g/mol. The van der Waals surface area contributed by atoms with Crippen molar-refractivity contribution in [2.75, 3.05) is 31.6 Å². The van der Waals surface area contributed by atoms with Gasteiger partial charge in [0.15, 0.2) is 0 Å². The number of amides is 3. The van der Waals surface area contributed by atoms with Crippen molar-refractivity contribution >= 4 is 23.7 Å². The van der Waals surface area contributed by atoms with Crippen LogP contribution in [0.2, 0.25) is 0 Å². The predicted molar refractivity (Wildman–Crippen MR) is 123 cm³/mol. The van der Waals surface area contributed by atoms with Crippen molar-refractivity contribution in [1.82, 2.24) is 20.0 Å². The molecule has 0 saturated carbocycles. The number of nitrogens with zero attached hydrogens (tertiary/aromatic N) is 3. The molecule has 0 fully saturated rings. The number of benzene rings is 1. The van der Waals surface area contributed by atoms with Gasteiger partial charge in [-0.25, -0.2) is 9.48 Å². The Balaban J connectivity index is 2.16. The van der Waals surface area contributed by atoms with Crippen molar-refractivity contribution in [3.8, 4) is 5.69 Å². The lowest BCUT2D eigenvalue weighted by molar-refractivity contribution is -0.141. The van der Waals surface area contributed by atoms with Crippen LogP contribution in [0.15, 0.2) is 30.3 Å². The molecular formula is C23H33N5O4. The fraction of sp³-hybridized carbons (Fsp3) is 0.478. The Morgan fingerprint density at radius 2 is 1.88 bits per heavy atom. The summed E-state index contributed by atoms with van der Waals surface area (Å²) < 4.78 is 6.49. The summed E-state index contributed by atoms with van der Waals surface area (Å²) in [7, 11) is 0. The molecular weight excluding hydrogens is 410 g/mol. The molecule has 32 heavy (non-hydrogen) atoms. The number of hydrogen-bond acceptors (Lipinski definition) is 5. The van der Waals surface area contributed by atoms with E-state index in [2.05, 4.69) is 10.6 Å². The maximum absolute atomic E-state index is 12.8. The van der Waals surface area contributed by atoms with Crippen LogP contribution in [-0.2, 0) is 19.7 Å². The molecule has 1 aromatic carbocycles. The molecule has 9 nitrogen and oxygen atoms in total. The van der Waals surface area contributed by atoms with E-state index < -0.39 is 12.0 Å². The molecule has 0 aliphatic carbocycles. The van der Waals surface area contributed by atoms with Crippen molar-refractivity contribution in [3.05, 3.63) is 41.6 Å². The molecule has 2 rings (SSSR count). The number of nitrogens with one attached hydrogen (secondary N) is 2. The number of anilines is 1. The highest BCUT2D eigenvalue weighted by atomic mass is 16.5. The Bertz CT molecular complexity index is 962. The number of carbonyl (C=O) groups is 3. The van der Waals surface area contributed by atoms with Gasteiger partial charge < -0.3 is 20.3 Å². The van der Waals surface area contributed by atoms with Gasteiger partial charge >= 0.3 is 12.0 Å². The van der Waals surface area contributed by atoms with E-state index in [0.717, 1.165) is 16.9 Å². The van der Waals surface area contributed by atoms with E-state index in [4.69, 9.17) is 9.84 Å². The van der Waals surface area contributed by atoms with Gasteiger partial charge in [0.05, 0.1) is 18.0 Å². The zero-order chi connectivity index (χ0) is 23.9. The Hall–Kier alpha value is -3.36. The second-order valence-electron chi connectivity index (χ2n) is 8.44. The molecule has 9 heteroatoms. The van der Waals surface area contributed by atoms with Gasteiger partial charge in [-0.1, -0.05) is 32.9 Å². The number of hydrogen-bond donors (Lipinski definition) is 2. The average Bonchev–Trinajstić information content (AvgIpc) is 3.14. The Morgan fingerprint density at radius 1 is 1.16 bits per heavy atom. The smallest absolute Gasteiger partial charge is 0.325 e. The molecule has 2 aromatic rings. The number of esters is 1. The van der Waals surface area contributed by atoms with E-state index in [1.165, 1.54) is 4.90 Å². The highest BCUT2D eigenvalue weighted by Crippen LogP contribution is 2.26. The number of carbonyl (C=O) groups excluding carboxylic acids is 3.